The van der Waals surface area contributed by atoms with Crippen molar-refractivity contribution in [1.29, 1.82) is 0 Å². The summed E-state index contributed by atoms with van der Waals surface area (Å²) in [7, 11) is 0. The third-order valence-corrected chi connectivity index (χ3v) is 7.15. The number of fused-ring (bicyclic) bond motifs is 1. The van der Waals surface area contributed by atoms with Gasteiger partial charge in [0, 0.05) is 45.3 Å². The number of carbonyl (C=O) groups excluding carboxylic acids is 3. The van der Waals surface area contributed by atoms with Gasteiger partial charge in [0.25, 0.3) is 11.7 Å². The highest BCUT2D eigenvalue weighted by Crippen LogP contribution is 2.32. The highest BCUT2D eigenvalue weighted by atomic mass is 16.2. The number of carbonyl (C=O) groups is 3. The third-order valence-electron chi connectivity index (χ3n) is 7.15. The van der Waals surface area contributed by atoms with Crippen molar-refractivity contribution in [3.63, 3.8) is 0 Å². The molecule has 5 rings (SSSR count). The molecular formula is C30H32N4O3. The lowest BCUT2D eigenvalue weighted by Gasteiger charge is -2.40. The standard InChI is InChI=1S/C30H32N4O3/c1-22(35)31-25-13-14-27-26(21-25)29(36)30(37)34(27)16-8-15-32-17-19-33(20-18-32)28(23-9-4-2-5-10-23)24-11-6-3-7-12-24/h2-7,9-14,21,28H,8,15-20H2,1H3,(H,31,35). The van der Waals surface area contributed by atoms with Gasteiger partial charge >= 0.3 is 0 Å². The molecule has 7 heteroatoms. The summed E-state index contributed by atoms with van der Waals surface area (Å²) >= 11 is 0. The van der Waals surface area contributed by atoms with Gasteiger partial charge in [-0.1, -0.05) is 60.7 Å². The topological polar surface area (TPSA) is 73.0 Å². The summed E-state index contributed by atoms with van der Waals surface area (Å²) in [5.74, 6) is -1.22. The van der Waals surface area contributed by atoms with E-state index in [9.17, 15) is 14.4 Å². The summed E-state index contributed by atoms with van der Waals surface area (Å²) in [4.78, 5) is 43.1. The Kier molecular flexibility index (Phi) is 7.44. The number of benzene rings is 3. The van der Waals surface area contributed by atoms with Crippen molar-refractivity contribution in [3.8, 4) is 0 Å². The molecule has 3 aromatic carbocycles. The molecule has 1 saturated heterocycles. The van der Waals surface area contributed by atoms with Crippen molar-refractivity contribution in [2.24, 2.45) is 0 Å². The first-order valence-corrected chi connectivity index (χ1v) is 12.9. The molecular weight excluding hydrogens is 464 g/mol. The molecule has 2 aliphatic rings. The Labute approximate surface area is 217 Å². The Morgan fingerprint density at radius 3 is 2.05 bits per heavy atom. The van der Waals surface area contributed by atoms with Crippen LogP contribution in [0.1, 0.15) is 40.9 Å². The normalized spacial score (nSPS) is 16.3. The molecule has 1 N–H and O–H groups in total. The van der Waals surface area contributed by atoms with E-state index >= 15 is 0 Å². The quantitative estimate of drug-likeness (QED) is 0.478. The van der Waals surface area contributed by atoms with E-state index in [1.807, 2.05) is 0 Å². The summed E-state index contributed by atoms with van der Waals surface area (Å²) in [6, 6.07) is 26.6. The Morgan fingerprint density at radius 1 is 0.838 bits per heavy atom. The number of amides is 2. The molecule has 0 spiro atoms. The molecule has 1 fully saturated rings. The van der Waals surface area contributed by atoms with Gasteiger partial charge in [-0.2, -0.15) is 0 Å². The number of ketones is 1. The molecule has 2 amide bonds. The average Bonchev–Trinajstić information content (AvgIpc) is 3.15. The molecule has 0 aliphatic carbocycles. The fourth-order valence-corrected chi connectivity index (χ4v) is 5.39. The van der Waals surface area contributed by atoms with Gasteiger partial charge in [0.15, 0.2) is 0 Å². The molecule has 0 unspecified atom stereocenters. The smallest absolute Gasteiger partial charge is 0.299 e. The second-order valence-electron chi connectivity index (χ2n) is 9.65. The Balaban J connectivity index is 1.17. The van der Waals surface area contributed by atoms with Crippen molar-refractivity contribution in [2.75, 3.05) is 49.5 Å². The number of hydrogen-bond donors (Lipinski definition) is 1. The predicted molar refractivity (Wildman–Crippen MR) is 145 cm³/mol. The van der Waals surface area contributed by atoms with Gasteiger partial charge in [0.1, 0.15) is 0 Å². The third kappa shape index (κ3) is 5.48. The molecule has 0 aromatic heterocycles. The molecule has 7 nitrogen and oxygen atoms in total. The van der Waals surface area contributed by atoms with Crippen molar-refractivity contribution in [2.45, 2.75) is 19.4 Å². The minimum Gasteiger partial charge on any atom is -0.326 e. The number of rotatable bonds is 8. The van der Waals surface area contributed by atoms with Crippen LogP contribution in [0.25, 0.3) is 0 Å². The fourth-order valence-electron chi connectivity index (χ4n) is 5.39. The van der Waals surface area contributed by atoms with E-state index in [1.54, 1.807) is 23.1 Å². The summed E-state index contributed by atoms with van der Waals surface area (Å²) < 4.78 is 0. The maximum absolute atomic E-state index is 12.6. The molecule has 3 aromatic rings. The highest BCUT2D eigenvalue weighted by Gasteiger charge is 2.36. The van der Waals surface area contributed by atoms with Crippen LogP contribution in [0, 0.1) is 0 Å². The predicted octanol–water partition coefficient (Wildman–Crippen LogP) is 3.97. The second-order valence-corrected chi connectivity index (χ2v) is 9.65. The number of piperazine rings is 1. The van der Waals surface area contributed by atoms with Crippen LogP contribution in [0.2, 0.25) is 0 Å². The number of anilines is 2. The summed E-state index contributed by atoms with van der Waals surface area (Å²) in [6.45, 7) is 6.62. The number of nitrogens with one attached hydrogen (secondary N) is 1. The highest BCUT2D eigenvalue weighted by molar-refractivity contribution is 6.52. The second kappa shape index (κ2) is 11.1. The first kappa shape index (κ1) is 24.9. The zero-order chi connectivity index (χ0) is 25.8. The van der Waals surface area contributed by atoms with Gasteiger partial charge in [-0.05, 0) is 42.3 Å². The van der Waals surface area contributed by atoms with Crippen LogP contribution in [0.4, 0.5) is 11.4 Å². The minimum atomic E-state index is -0.510. The fraction of sp³-hybridized carbons (Fsp3) is 0.300. The Morgan fingerprint density at radius 2 is 1.46 bits per heavy atom. The zero-order valence-electron chi connectivity index (χ0n) is 21.1. The first-order chi connectivity index (χ1) is 18.0. The van der Waals surface area contributed by atoms with Crippen LogP contribution in [0.5, 0.6) is 0 Å². The van der Waals surface area contributed by atoms with Gasteiger partial charge in [-0.15, -0.1) is 0 Å². The lowest BCUT2D eigenvalue weighted by molar-refractivity contribution is -0.115. The molecule has 0 saturated carbocycles. The van der Waals surface area contributed by atoms with Crippen molar-refractivity contribution in [3.05, 3.63) is 95.6 Å². The van der Waals surface area contributed by atoms with Gasteiger partial charge in [0.05, 0.1) is 17.3 Å². The Bertz CT molecular complexity index is 1230. The van der Waals surface area contributed by atoms with Crippen LogP contribution in [0.3, 0.4) is 0 Å². The largest absolute Gasteiger partial charge is 0.326 e. The number of Topliss-reactive ketones (excluding diaryl/α,β-unsaturated/α-hetero) is 1. The van der Waals surface area contributed by atoms with Crippen LogP contribution >= 0.6 is 0 Å². The average molecular weight is 497 g/mol. The summed E-state index contributed by atoms with van der Waals surface area (Å²) in [5, 5.41) is 2.67. The van der Waals surface area contributed by atoms with Crippen LogP contribution in [0.15, 0.2) is 78.9 Å². The summed E-state index contributed by atoms with van der Waals surface area (Å²) in [5.41, 5.74) is 4.12. The molecule has 37 heavy (non-hydrogen) atoms. The lowest BCUT2D eigenvalue weighted by Crippen LogP contribution is -2.48. The van der Waals surface area contributed by atoms with Crippen LogP contribution < -0.4 is 10.2 Å². The van der Waals surface area contributed by atoms with E-state index in [0.29, 0.717) is 23.5 Å². The van der Waals surface area contributed by atoms with Gasteiger partial charge in [-0.25, -0.2) is 0 Å². The van der Waals surface area contributed by atoms with Crippen molar-refractivity contribution in [1.82, 2.24) is 9.80 Å². The van der Waals surface area contributed by atoms with Crippen molar-refractivity contribution >= 4 is 29.0 Å². The molecule has 2 aliphatic heterocycles. The molecule has 0 atom stereocenters. The maximum Gasteiger partial charge on any atom is 0.299 e. The van der Waals surface area contributed by atoms with E-state index in [-0.39, 0.29) is 11.9 Å². The monoisotopic (exact) mass is 496 g/mol. The van der Waals surface area contributed by atoms with Crippen LogP contribution in [-0.2, 0) is 9.59 Å². The first-order valence-electron chi connectivity index (χ1n) is 12.9. The molecule has 0 bridgehead atoms. The van der Waals surface area contributed by atoms with Crippen LogP contribution in [-0.4, -0.2) is 66.7 Å². The Hall–Kier alpha value is -3.81. The summed E-state index contributed by atoms with van der Waals surface area (Å²) in [6.07, 6.45) is 0.784. The van der Waals surface area contributed by atoms with E-state index in [0.717, 1.165) is 39.1 Å². The molecule has 190 valence electrons. The zero-order valence-corrected chi connectivity index (χ0v) is 21.1. The van der Waals surface area contributed by atoms with Gasteiger partial charge in [0.2, 0.25) is 5.91 Å². The number of nitrogens with zero attached hydrogens (tertiary/aromatic N) is 3. The lowest BCUT2D eigenvalue weighted by atomic mass is 9.96. The van der Waals surface area contributed by atoms with Gasteiger partial charge in [-0.3, -0.25) is 19.3 Å². The van der Waals surface area contributed by atoms with E-state index in [2.05, 4.69) is 75.8 Å². The van der Waals surface area contributed by atoms with E-state index in [1.165, 1.54) is 18.1 Å². The maximum atomic E-state index is 12.6. The SMILES string of the molecule is CC(=O)Nc1ccc2c(c1)C(=O)C(=O)N2CCCN1CCN(C(c2ccccc2)c2ccccc2)CC1. The van der Waals surface area contributed by atoms with Gasteiger partial charge < -0.3 is 15.1 Å². The van der Waals surface area contributed by atoms with E-state index < -0.39 is 11.7 Å². The minimum absolute atomic E-state index is 0.215. The number of hydrogen-bond acceptors (Lipinski definition) is 5. The van der Waals surface area contributed by atoms with Crippen molar-refractivity contribution < 1.29 is 14.4 Å². The molecule has 2 heterocycles. The van der Waals surface area contributed by atoms with E-state index in [4.69, 9.17) is 0 Å². The molecule has 0 radical (unpaired) electrons.